The molecule has 0 aliphatic carbocycles. The first kappa shape index (κ1) is 12.4. The number of nitrogens with one attached hydrogen (secondary N) is 1. The van der Waals surface area contributed by atoms with Gasteiger partial charge in [0.15, 0.2) is 0 Å². The van der Waals surface area contributed by atoms with Crippen LogP contribution in [0.25, 0.3) is 0 Å². The van der Waals surface area contributed by atoms with Crippen molar-refractivity contribution in [3.05, 3.63) is 0 Å². The summed E-state index contributed by atoms with van der Waals surface area (Å²) in [5.74, 6) is 1.98. The SMILES string of the molecule is CCC1CCN(CCC2CCCNC2)CC1. The maximum atomic E-state index is 3.52. The van der Waals surface area contributed by atoms with Gasteiger partial charge in [0.2, 0.25) is 0 Å². The third-order valence-corrected chi connectivity index (χ3v) is 4.54. The van der Waals surface area contributed by atoms with Crippen molar-refractivity contribution in [2.75, 3.05) is 32.7 Å². The van der Waals surface area contributed by atoms with Crippen LogP contribution < -0.4 is 5.32 Å². The van der Waals surface area contributed by atoms with Gasteiger partial charge in [0.1, 0.15) is 0 Å². The van der Waals surface area contributed by atoms with E-state index in [2.05, 4.69) is 17.1 Å². The van der Waals surface area contributed by atoms with Crippen molar-refractivity contribution in [2.45, 2.75) is 45.4 Å². The summed E-state index contributed by atoms with van der Waals surface area (Å²) in [7, 11) is 0. The van der Waals surface area contributed by atoms with E-state index in [1.807, 2.05) is 0 Å². The highest BCUT2D eigenvalue weighted by Gasteiger charge is 2.19. The van der Waals surface area contributed by atoms with Gasteiger partial charge in [-0.25, -0.2) is 0 Å². The standard InChI is InChI=1S/C14H28N2/c1-2-13-5-9-16(10-6-13)11-7-14-4-3-8-15-12-14/h13-15H,2-12H2,1H3. The van der Waals surface area contributed by atoms with E-state index in [9.17, 15) is 0 Å². The highest BCUT2D eigenvalue weighted by Crippen LogP contribution is 2.21. The second-order valence-electron chi connectivity index (χ2n) is 5.69. The second-order valence-corrected chi connectivity index (χ2v) is 5.69. The van der Waals surface area contributed by atoms with E-state index in [0.717, 1.165) is 11.8 Å². The fraction of sp³-hybridized carbons (Fsp3) is 1.00. The first-order valence-electron chi connectivity index (χ1n) is 7.31. The molecule has 2 fully saturated rings. The van der Waals surface area contributed by atoms with Crippen LogP contribution in [-0.2, 0) is 0 Å². The molecule has 2 nitrogen and oxygen atoms in total. The third-order valence-electron chi connectivity index (χ3n) is 4.54. The summed E-state index contributed by atoms with van der Waals surface area (Å²) < 4.78 is 0. The lowest BCUT2D eigenvalue weighted by atomic mass is 9.92. The first-order chi connectivity index (χ1) is 7.88. The van der Waals surface area contributed by atoms with E-state index >= 15 is 0 Å². The highest BCUT2D eigenvalue weighted by atomic mass is 15.1. The molecule has 0 aromatic heterocycles. The second kappa shape index (κ2) is 6.61. The molecule has 2 aliphatic rings. The molecule has 0 saturated carbocycles. The number of likely N-dealkylation sites (tertiary alicyclic amines) is 1. The maximum Gasteiger partial charge on any atom is -0.00156 e. The monoisotopic (exact) mass is 224 g/mol. The van der Waals surface area contributed by atoms with Crippen LogP contribution in [0, 0.1) is 11.8 Å². The fourth-order valence-corrected chi connectivity index (χ4v) is 3.15. The smallest absolute Gasteiger partial charge is 0.00156 e. The maximum absolute atomic E-state index is 3.52. The van der Waals surface area contributed by atoms with Gasteiger partial charge in [0.25, 0.3) is 0 Å². The lowest BCUT2D eigenvalue weighted by Gasteiger charge is -2.33. The molecule has 2 aliphatic heterocycles. The van der Waals surface area contributed by atoms with E-state index in [-0.39, 0.29) is 0 Å². The van der Waals surface area contributed by atoms with Crippen LogP contribution in [0.2, 0.25) is 0 Å². The Bertz CT molecular complexity index is 179. The molecule has 1 unspecified atom stereocenters. The number of rotatable bonds is 4. The van der Waals surface area contributed by atoms with Gasteiger partial charge in [-0.3, -0.25) is 0 Å². The molecular weight excluding hydrogens is 196 g/mol. The van der Waals surface area contributed by atoms with E-state index < -0.39 is 0 Å². The zero-order valence-corrected chi connectivity index (χ0v) is 10.9. The minimum atomic E-state index is 0.956. The van der Waals surface area contributed by atoms with Crippen molar-refractivity contribution < 1.29 is 0 Å². The Morgan fingerprint density at radius 1 is 1.12 bits per heavy atom. The first-order valence-corrected chi connectivity index (χ1v) is 7.31. The van der Waals surface area contributed by atoms with Crippen LogP contribution in [0.15, 0.2) is 0 Å². The third kappa shape index (κ3) is 3.74. The Balaban J connectivity index is 1.59. The highest BCUT2D eigenvalue weighted by molar-refractivity contribution is 4.74. The summed E-state index contributed by atoms with van der Waals surface area (Å²) in [5, 5.41) is 3.52. The van der Waals surface area contributed by atoms with Gasteiger partial charge in [0.05, 0.1) is 0 Å². The Hall–Kier alpha value is -0.0800. The predicted molar refractivity (Wildman–Crippen MR) is 69.7 cm³/mol. The molecule has 0 spiro atoms. The lowest BCUT2D eigenvalue weighted by molar-refractivity contribution is 0.167. The number of hydrogen-bond acceptors (Lipinski definition) is 2. The van der Waals surface area contributed by atoms with Crippen molar-refractivity contribution in [1.29, 1.82) is 0 Å². The van der Waals surface area contributed by atoms with E-state index in [1.54, 1.807) is 0 Å². The minimum Gasteiger partial charge on any atom is -0.316 e. The Kier molecular flexibility index (Phi) is 5.11. The van der Waals surface area contributed by atoms with Crippen LogP contribution in [0.4, 0.5) is 0 Å². The molecule has 2 rings (SSSR count). The topological polar surface area (TPSA) is 15.3 Å². The van der Waals surface area contributed by atoms with Gasteiger partial charge in [-0.15, -0.1) is 0 Å². The van der Waals surface area contributed by atoms with Gasteiger partial charge in [0, 0.05) is 0 Å². The fourth-order valence-electron chi connectivity index (χ4n) is 3.15. The van der Waals surface area contributed by atoms with Gasteiger partial charge >= 0.3 is 0 Å². The largest absolute Gasteiger partial charge is 0.316 e. The van der Waals surface area contributed by atoms with Crippen LogP contribution in [-0.4, -0.2) is 37.6 Å². The average molecular weight is 224 g/mol. The van der Waals surface area contributed by atoms with Crippen molar-refractivity contribution in [3.63, 3.8) is 0 Å². The Morgan fingerprint density at radius 3 is 2.56 bits per heavy atom. The molecule has 0 radical (unpaired) electrons. The van der Waals surface area contributed by atoms with E-state index in [0.29, 0.717) is 0 Å². The van der Waals surface area contributed by atoms with Crippen LogP contribution >= 0.6 is 0 Å². The van der Waals surface area contributed by atoms with Crippen LogP contribution in [0.3, 0.4) is 0 Å². The normalized spacial score (nSPS) is 29.4. The molecule has 0 aromatic rings. The summed E-state index contributed by atoms with van der Waals surface area (Å²) >= 11 is 0. The molecule has 1 atom stereocenters. The molecule has 2 heteroatoms. The van der Waals surface area contributed by atoms with E-state index in [1.165, 1.54) is 71.2 Å². The molecule has 94 valence electrons. The average Bonchev–Trinajstić information content (AvgIpc) is 2.38. The quantitative estimate of drug-likeness (QED) is 0.789. The molecule has 16 heavy (non-hydrogen) atoms. The van der Waals surface area contributed by atoms with Crippen LogP contribution in [0.1, 0.15) is 45.4 Å². The number of hydrogen-bond donors (Lipinski definition) is 1. The lowest BCUT2D eigenvalue weighted by Crippen LogP contribution is -2.37. The summed E-state index contributed by atoms with van der Waals surface area (Å²) in [6, 6.07) is 0. The summed E-state index contributed by atoms with van der Waals surface area (Å²) in [4.78, 5) is 2.70. The predicted octanol–water partition coefficient (Wildman–Crippen LogP) is 2.50. The number of nitrogens with zero attached hydrogens (tertiary/aromatic N) is 1. The molecule has 2 heterocycles. The summed E-state index contributed by atoms with van der Waals surface area (Å²) in [6.45, 7) is 8.93. The number of piperidine rings is 2. The van der Waals surface area contributed by atoms with Gasteiger partial charge in [-0.1, -0.05) is 13.3 Å². The van der Waals surface area contributed by atoms with Gasteiger partial charge in [-0.05, 0) is 76.7 Å². The minimum absolute atomic E-state index is 0.956. The van der Waals surface area contributed by atoms with Crippen molar-refractivity contribution in [1.82, 2.24) is 10.2 Å². The molecular formula is C14H28N2. The molecule has 0 amide bonds. The zero-order valence-electron chi connectivity index (χ0n) is 10.9. The van der Waals surface area contributed by atoms with Crippen molar-refractivity contribution >= 4 is 0 Å². The van der Waals surface area contributed by atoms with Crippen molar-refractivity contribution in [3.8, 4) is 0 Å². The molecule has 0 bridgehead atoms. The Labute approximate surface area is 101 Å². The molecule has 0 aromatic carbocycles. The van der Waals surface area contributed by atoms with E-state index in [4.69, 9.17) is 0 Å². The molecule has 2 saturated heterocycles. The van der Waals surface area contributed by atoms with Gasteiger partial charge < -0.3 is 10.2 Å². The summed E-state index contributed by atoms with van der Waals surface area (Å²) in [6.07, 6.45) is 8.55. The Morgan fingerprint density at radius 2 is 1.94 bits per heavy atom. The van der Waals surface area contributed by atoms with Crippen molar-refractivity contribution in [2.24, 2.45) is 11.8 Å². The van der Waals surface area contributed by atoms with Gasteiger partial charge in [-0.2, -0.15) is 0 Å². The molecule has 1 N–H and O–H groups in total. The van der Waals surface area contributed by atoms with Crippen LogP contribution in [0.5, 0.6) is 0 Å². The zero-order chi connectivity index (χ0) is 11.2. The summed E-state index contributed by atoms with van der Waals surface area (Å²) in [5.41, 5.74) is 0.